The van der Waals surface area contributed by atoms with Crippen molar-refractivity contribution in [1.82, 2.24) is 15.1 Å². The lowest BCUT2D eigenvalue weighted by Crippen LogP contribution is -2.35. The van der Waals surface area contributed by atoms with E-state index in [1.54, 1.807) is 12.4 Å². The highest BCUT2D eigenvalue weighted by molar-refractivity contribution is 6.01. The lowest BCUT2D eigenvalue weighted by atomic mass is 9.94. The molecule has 1 fully saturated rings. The van der Waals surface area contributed by atoms with E-state index in [4.69, 9.17) is 4.74 Å². The van der Waals surface area contributed by atoms with Gasteiger partial charge in [-0.2, -0.15) is 10.2 Å². The van der Waals surface area contributed by atoms with Crippen LogP contribution < -0.4 is 4.74 Å². The largest absolute Gasteiger partial charge is 0.487 e. The molecule has 2 atom stereocenters. The molecule has 2 aliphatic rings. The van der Waals surface area contributed by atoms with Gasteiger partial charge in [-0.3, -0.25) is 4.79 Å². The van der Waals surface area contributed by atoms with E-state index in [1.165, 1.54) is 0 Å². The number of carbonyl (C=O) groups excluding carboxylic acids is 1. The van der Waals surface area contributed by atoms with Crippen molar-refractivity contribution in [2.24, 2.45) is 0 Å². The van der Waals surface area contributed by atoms with Crippen molar-refractivity contribution < 1.29 is 14.6 Å². The SMILES string of the molecule is O=C1c2c(cccc2O[C@H]2CCCCC2O)CN1Cc1ccc(-c2ccnnc2)cc1. The molecule has 1 aromatic heterocycles. The zero-order valence-corrected chi connectivity index (χ0v) is 17.3. The third kappa shape index (κ3) is 4.03. The Labute approximate surface area is 181 Å². The number of aliphatic hydroxyl groups is 1. The van der Waals surface area contributed by atoms with Gasteiger partial charge in [-0.1, -0.05) is 42.8 Å². The van der Waals surface area contributed by atoms with Gasteiger partial charge in [-0.05, 0) is 48.1 Å². The summed E-state index contributed by atoms with van der Waals surface area (Å²) >= 11 is 0. The Hall–Kier alpha value is -3.25. The fourth-order valence-corrected chi connectivity index (χ4v) is 4.47. The van der Waals surface area contributed by atoms with Gasteiger partial charge in [-0.15, -0.1) is 0 Å². The minimum absolute atomic E-state index is 0.0155. The molecular weight excluding hydrogens is 390 g/mol. The molecule has 1 N–H and O–H groups in total. The summed E-state index contributed by atoms with van der Waals surface area (Å²) in [6, 6.07) is 15.9. The van der Waals surface area contributed by atoms with E-state index >= 15 is 0 Å². The van der Waals surface area contributed by atoms with Gasteiger partial charge in [-0.25, -0.2) is 0 Å². The number of benzene rings is 2. The Balaban J connectivity index is 1.31. The van der Waals surface area contributed by atoms with Crippen LogP contribution in [0.25, 0.3) is 11.1 Å². The first kappa shape index (κ1) is 19.7. The van der Waals surface area contributed by atoms with Crippen molar-refractivity contribution >= 4 is 5.91 Å². The van der Waals surface area contributed by atoms with Crippen LogP contribution >= 0.6 is 0 Å². The number of amides is 1. The van der Waals surface area contributed by atoms with E-state index in [1.807, 2.05) is 53.4 Å². The first-order chi connectivity index (χ1) is 15.2. The number of hydrogen-bond acceptors (Lipinski definition) is 5. The van der Waals surface area contributed by atoms with Crippen LogP contribution in [0.3, 0.4) is 0 Å². The van der Waals surface area contributed by atoms with Gasteiger partial charge in [0.15, 0.2) is 0 Å². The van der Waals surface area contributed by atoms with E-state index in [0.717, 1.165) is 47.9 Å². The summed E-state index contributed by atoms with van der Waals surface area (Å²) in [6.07, 6.45) is 6.35. The molecule has 0 spiro atoms. The molecule has 1 amide bonds. The van der Waals surface area contributed by atoms with Gasteiger partial charge in [0, 0.05) is 18.7 Å². The van der Waals surface area contributed by atoms with Crippen LogP contribution in [0.5, 0.6) is 5.75 Å². The minimum atomic E-state index is -0.466. The molecule has 0 bridgehead atoms. The average molecular weight is 415 g/mol. The fourth-order valence-electron chi connectivity index (χ4n) is 4.47. The van der Waals surface area contributed by atoms with Crippen LogP contribution in [-0.4, -0.2) is 38.3 Å². The number of aliphatic hydroxyl groups excluding tert-OH is 1. The van der Waals surface area contributed by atoms with E-state index in [2.05, 4.69) is 10.2 Å². The smallest absolute Gasteiger partial charge is 0.258 e. The quantitative estimate of drug-likeness (QED) is 0.682. The molecule has 5 rings (SSSR count). The van der Waals surface area contributed by atoms with Gasteiger partial charge in [0.2, 0.25) is 0 Å². The summed E-state index contributed by atoms with van der Waals surface area (Å²) in [7, 11) is 0. The lowest BCUT2D eigenvalue weighted by Gasteiger charge is -2.28. The minimum Gasteiger partial charge on any atom is -0.487 e. The lowest BCUT2D eigenvalue weighted by molar-refractivity contribution is 0.00636. The highest BCUT2D eigenvalue weighted by atomic mass is 16.5. The Morgan fingerprint density at radius 1 is 1.00 bits per heavy atom. The molecular formula is C25H25N3O3. The Morgan fingerprint density at radius 2 is 1.84 bits per heavy atom. The average Bonchev–Trinajstić information content (AvgIpc) is 3.12. The van der Waals surface area contributed by atoms with E-state index in [-0.39, 0.29) is 12.0 Å². The fraction of sp³-hybridized carbons (Fsp3) is 0.320. The summed E-state index contributed by atoms with van der Waals surface area (Å²) in [5.41, 5.74) is 4.76. The van der Waals surface area contributed by atoms with Gasteiger partial charge >= 0.3 is 0 Å². The molecule has 31 heavy (non-hydrogen) atoms. The monoisotopic (exact) mass is 415 g/mol. The molecule has 2 heterocycles. The second-order valence-electron chi connectivity index (χ2n) is 8.29. The summed E-state index contributed by atoms with van der Waals surface area (Å²) < 4.78 is 6.14. The molecule has 3 aromatic rings. The normalized spacial score (nSPS) is 20.5. The second-order valence-corrected chi connectivity index (χ2v) is 8.29. The van der Waals surface area contributed by atoms with Gasteiger partial charge in [0.25, 0.3) is 5.91 Å². The zero-order chi connectivity index (χ0) is 21.2. The third-order valence-corrected chi connectivity index (χ3v) is 6.17. The predicted molar refractivity (Wildman–Crippen MR) is 116 cm³/mol. The van der Waals surface area contributed by atoms with Crippen LogP contribution in [0.15, 0.2) is 60.9 Å². The Bertz CT molecular complexity index is 1070. The van der Waals surface area contributed by atoms with Crippen LogP contribution in [0.2, 0.25) is 0 Å². The first-order valence-electron chi connectivity index (χ1n) is 10.8. The van der Waals surface area contributed by atoms with E-state index in [9.17, 15) is 9.90 Å². The highest BCUT2D eigenvalue weighted by Gasteiger charge is 2.33. The molecule has 1 aliphatic carbocycles. The van der Waals surface area contributed by atoms with Crippen molar-refractivity contribution in [1.29, 1.82) is 0 Å². The molecule has 1 unspecified atom stereocenters. The third-order valence-electron chi connectivity index (χ3n) is 6.17. The predicted octanol–water partition coefficient (Wildman–Crippen LogP) is 3.98. The number of carbonyl (C=O) groups is 1. The summed E-state index contributed by atoms with van der Waals surface area (Å²) in [5.74, 6) is 0.579. The topological polar surface area (TPSA) is 75.6 Å². The number of ether oxygens (including phenoxy) is 1. The summed E-state index contributed by atoms with van der Waals surface area (Å²) in [6.45, 7) is 1.10. The molecule has 6 heteroatoms. The molecule has 6 nitrogen and oxygen atoms in total. The number of aromatic nitrogens is 2. The maximum Gasteiger partial charge on any atom is 0.258 e. The van der Waals surface area contributed by atoms with Crippen molar-refractivity contribution in [2.75, 3.05) is 0 Å². The summed E-state index contributed by atoms with van der Waals surface area (Å²) in [4.78, 5) is 15.0. The molecule has 0 saturated heterocycles. The van der Waals surface area contributed by atoms with Crippen molar-refractivity contribution in [3.05, 3.63) is 77.6 Å². The van der Waals surface area contributed by atoms with Gasteiger partial charge in [0.05, 0.1) is 24.1 Å². The Morgan fingerprint density at radius 3 is 2.61 bits per heavy atom. The molecule has 1 aliphatic heterocycles. The maximum absolute atomic E-state index is 13.2. The molecule has 1 saturated carbocycles. The second kappa shape index (κ2) is 8.47. The standard InChI is InChI=1S/C25H25N3O3/c29-21-5-1-2-6-22(21)31-23-7-3-4-20-16-28(25(30)24(20)23)15-17-8-10-18(11-9-17)19-12-13-26-27-14-19/h3-4,7-14,21-22,29H,1-2,5-6,15-16H2/t21?,22-/m0/s1. The maximum atomic E-state index is 13.2. The zero-order valence-electron chi connectivity index (χ0n) is 17.3. The number of nitrogens with zero attached hydrogens (tertiary/aromatic N) is 3. The van der Waals surface area contributed by atoms with Gasteiger partial charge in [0.1, 0.15) is 11.9 Å². The van der Waals surface area contributed by atoms with Crippen LogP contribution in [0.4, 0.5) is 0 Å². The molecule has 2 aromatic carbocycles. The number of rotatable bonds is 5. The van der Waals surface area contributed by atoms with E-state index in [0.29, 0.717) is 24.4 Å². The molecule has 0 radical (unpaired) electrons. The summed E-state index contributed by atoms with van der Waals surface area (Å²) in [5, 5.41) is 18.0. The Kier molecular flexibility index (Phi) is 5.38. The van der Waals surface area contributed by atoms with E-state index < -0.39 is 6.10 Å². The van der Waals surface area contributed by atoms with Gasteiger partial charge < -0.3 is 14.7 Å². The molecule has 158 valence electrons. The van der Waals surface area contributed by atoms with Crippen LogP contribution in [-0.2, 0) is 13.1 Å². The van der Waals surface area contributed by atoms with Crippen molar-refractivity contribution in [3.63, 3.8) is 0 Å². The van der Waals surface area contributed by atoms with Crippen LogP contribution in [0, 0.1) is 0 Å². The van der Waals surface area contributed by atoms with Crippen molar-refractivity contribution in [3.8, 4) is 16.9 Å². The number of hydrogen-bond donors (Lipinski definition) is 1. The van der Waals surface area contributed by atoms with Crippen molar-refractivity contribution in [2.45, 2.75) is 51.0 Å². The van der Waals surface area contributed by atoms with Crippen LogP contribution in [0.1, 0.15) is 47.2 Å². The number of fused-ring (bicyclic) bond motifs is 1. The first-order valence-corrected chi connectivity index (χ1v) is 10.8. The highest BCUT2D eigenvalue weighted by Crippen LogP contribution is 2.34.